The number of halogens is 2. The van der Waals surface area contributed by atoms with Crippen LogP contribution in [-0.4, -0.2) is 10.2 Å². The zero-order valence-electron chi connectivity index (χ0n) is 8.11. The summed E-state index contributed by atoms with van der Waals surface area (Å²) in [6.07, 6.45) is 0. The number of hydrogen-bond donors (Lipinski definition) is 2. The number of hydrogen-bond acceptors (Lipinski definition) is 2. The van der Waals surface area contributed by atoms with Gasteiger partial charge in [0, 0.05) is 21.7 Å². The molecule has 0 aliphatic carbocycles. The molecule has 2 rings (SSSR count). The van der Waals surface area contributed by atoms with Gasteiger partial charge in [0.2, 0.25) is 0 Å². The third-order valence-corrected chi connectivity index (χ3v) is 2.64. The van der Waals surface area contributed by atoms with Crippen LogP contribution in [0.3, 0.4) is 0 Å². The highest BCUT2D eigenvalue weighted by Gasteiger charge is 2.10. The van der Waals surface area contributed by atoms with Gasteiger partial charge in [-0.2, -0.15) is 0 Å². The van der Waals surface area contributed by atoms with Crippen molar-refractivity contribution in [2.24, 2.45) is 0 Å². The number of rotatable bonds is 1. The number of phenols is 2. The second-order valence-corrected chi connectivity index (χ2v) is 4.20. The van der Waals surface area contributed by atoms with Gasteiger partial charge in [0.15, 0.2) is 11.5 Å². The third-order valence-electron chi connectivity index (χ3n) is 2.19. The molecule has 16 heavy (non-hydrogen) atoms. The lowest BCUT2D eigenvalue weighted by Crippen LogP contribution is -1.80. The number of benzene rings is 2. The van der Waals surface area contributed by atoms with E-state index in [0.29, 0.717) is 21.2 Å². The summed E-state index contributed by atoms with van der Waals surface area (Å²) in [5.74, 6) is -0.450. The minimum Gasteiger partial charge on any atom is -0.504 e. The van der Waals surface area contributed by atoms with Crippen LogP contribution in [0.5, 0.6) is 11.5 Å². The van der Waals surface area contributed by atoms with Crippen molar-refractivity contribution in [3.8, 4) is 22.6 Å². The van der Waals surface area contributed by atoms with Crippen LogP contribution >= 0.6 is 23.2 Å². The Kier molecular flexibility index (Phi) is 2.95. The molecule has 0 unspecified atom stereocenters. The third kappa shape index (κ3) is 2.08. The smallest absolute Gasteiger partial charge is 0.165 e. The van der Waals surface area contributed by atoms with E-state index in [-0.39, 0.29) is 11.5 Å². The molecule has 0 heterocycles. The van der Waals surface area contributed by atoms with Crippen LogP contribution in [0.15, 0.2) is 36.4 Å². The average Bonchev–Trinajstić information content (AvgIpc) is 2.23. The van der Waals surface area contributed by atoms with E-state index in [9.17, 15) is 10.2 Å². The van der Waals surface area contributed by atoms with Gasteiger partial charge >= 0.3 is 0 Å². The molecule has 0 bridgehead atoms. The molecule has 0 spiro atoms. The summed E-state index contributed by atoms with van der Waals surface area (Å²) < 4.78 is 0. The molecule has 82 valence electrons. The zero-order valence-corrected chi connectivity index (χ0v) is 9.63. The van der Waals surface area contributed by atoms with Gasteiger partial charge in [-0.1, -0.05) is 35.3 Å². The van der Waals surface area contributed by atoms with E-state index in [2.05, 4.69) is 0 Å². The summed E-state index contributed by atoms with van der Waals surface area (Å²) in [6, 6.07) is 9.80. The summed E-state index contributed by atoms with van der Waals surface area (Å²) in [7, 11) is 0. The first-order valence-electron chi connectivity index (χ1n) is 4.55. The van der Waals surface area contributed by atoms with E-state index < -0.39 is 0 Å². The molecule has 2 nitrogen and oxygen atoms in total. The SMILES string of the molecule is Oc1cc(Cl)cc(-c2cccc(Cl)c2)c1O. The van der Waals surface area contributed by atoms with Gasteiger partial charge in [0.1, 0.15) is 0 Å². The molecule has 0 saturated carbocycles. The fourth-order valence-corrected chi connectivity index (χ4v) is 1.86. The van der Waals surface area contributed by atoms with Crippen molar-refractivity contribution in [2.75, 3.05) is 0 Å². The van der Waals surface area contributed by atoms with Gasteiger partial charge in [0.05, 0.1) is 0 Å². The Morgan fingerprint density at radius 3 is 2.31 bits per heavy atom. The largest absolute Gasteiger partial charge is 0.504 e. The van der Waals surface area contributed by atoms with E-state index >= 15 is 0 Å². The summed E-state index contributed by atoms with van der Waals surface area (Å²) in [5.41, 5.74) is 1.15. The topological polar surface area (TPSA) is 40.5 Å². The monoisotopic (exact) mass is 254 g/mol. The van der Waals surface area contributed by atoms with E-state index in [1.54, 1.807) is 30.3 Å². The van der Waals surface area contributed by atoms with Crippen LogP contribution in [-0.2, 0) is 0 Å². The Morgan fingerprint density at radius 1 is 0.875 bits per heavy atom. The molecule has 0 aromatic heterocycles. The van der Waals surface area contributed by atoms with Gasteiger partial charge in [-0.25, -0.2) is 0 Å². The van der Waals surface area contributed by atoms with Gasteiger partial charge in [-0.15, -0.1) is 0 Å². The Bertz CT molecular complexity index is 539. The first kappa shape index (κ1) is 11.1. The van der Waals surface area contributed by atoms with Crippen molar-refractivity contribution >= 4 is 23.2 Å². The lowest BCUT2D eigenvalue weighted by molar-refractivity contribution is 0.405. The molecule has 2 aromatic carbocycles. The molecule has 4 heteroatoms. The minimum absolute atomic E-state index is 0.202. The summed E-state index contributed by atoms with van der Waals surface area (Å²) in [6.45, 7) is 0. The Labute approximate surface area is 103 Å². The van der Waals surface area contributed by atoms with Crippen molar-refractivity contribution in [2.45, 2.75) is 0 Å². The Morgan fingerprint density at radius 2 is 1.62 bits per heavy atom. The van der Waals surface area contributed by atoms with Crippen LogP contribution in [0, 0.1) is 0 Å². The first-order chi connectivity index (χ1) is 7.58. The average molecular weight is 255 g/mol. The van der Waals surface area contributed by atoms with Gasteiger partial charge in [0.25, 0.3) is 0 Å². The van der Waals surface area contributed by atoms with Crippen molar-refractivity contribution in [3.05, 3.63) is 46.4 Å². The standard InChI is InChI=1S/C12H8Cl2O2/c13-8-3-1-2-7(4-8)10-5-9(14)6-11(15)12(10)16/h1-6,15-16H. The van der Waals surface area contributed by atoms with Crippen molar-refractivity contribution in [3.63, 3.8) is 0 Å². The van der Waals surface area contributed by atoms with Crippen LogP contribution in [0.25, 0.3) is 11.1 Å². The lowest BCUT2D eigenvalue weighted by atomic mass is 10.0. The van der Waals surface area contributed by atoms with Gasteiger partial charge < -0.3 is 10.2 Å². The molecule has 0 aliphatic heterocycles. The lowest BCUT2D eigenvalue weighted by Gasteiger charge is -2.07. The molecule has 0 atom stereocenters. The van der Waals surface area contributed by atoms with Gasteiger partial charge in [-0.3, -0.25) is 0 Å². The second-order valence-electron chi connectivity index (χ2n) is 3.33. The minimum atomic E-state index is -0.248. The zero-order chi connectivity index (χ0) is 11.7. The maximum atomic E-state index is 9.71. The molecule has 0 saturated heterocycles. The molecule has 2 N–H and O–H groups in total. The fraction of sp³-hybridized carbons (Fsp3) is 0. The van der Waals surface area contributed by atoms with E-state index in [1.165, 1.54) is 6.07 Å². The molecule has 2 aromatic rings. The van der Waals surface area contributed by atoms with Crippen molar-refractivity contribution in [1.82, 2.24) is 0 Å². The molecular formula is C12H8Cl2O2. The second kappa shape index (κ2) is 4.24. The fourth-order valence-electron chi connectivity index (χ4n) is 1.46. The molecule has 0 radical (unpaired) electrons. The molecule has 0 aliphatic rings. The Balaban J connectivity index is 2.64. The maximum absolute atomic E-state index is 9.71. The normalized spacial score (nSPS) is 10.4. The van der Waals surface area contributed by atoms with E-state index in [0.717, 1.165) is 0 Å². The quantitative estimate of drug-likeness (QED) is 0.754. The van der Waals surface area contributed by atoms with E-state index in [4.69, 9.17) is 23.2 Å². The van der Waals surface area contributed by atoms with Crippen molar-refractivity contribution in [1.29, 1.82) is 0 Å². The highest BCUT2D eigenvalue weighted by molar-refractivity contribution is 6.31. The number of phenolic OH excluding ortho intramolecular Hbond substituents is 2. The van der Waals surface area contributed by atoms with Crippen LogP contribution in [0.4, 0.5) is 0 Å². The summed E-state index contributed by atoms with van der Waals surface area (Å²) in [5, 5.41) is 20.1. The maximum Gasteiger partial charge on any atom is 0.165 e. The van der Waals surface area contributed by atoms with Crippen LogP contribution in [0.1, 0.15) is 0 Å². The van der Waals surface area contributed by atoms with Crippen molar-refractivity contribution < 1.29 is 10.2 Å². The first-order valence-corrected chi connectivity index (χ1v) is 5.31. The predicted molar refractivity (Wildman–Crippen MR) is 65.2 cm³/mol. The molecule has 0 amide bonds. The summed E-state index contributed by atoms with van der Waals surface area (Å²) in [4.78, 5) is 0. The van der Waals surface area contributed by atoms with Gasteiger partial charge in [-0.05, 0) is 23.8 Å². The van der Waals surface area contributed by atoms with Crippen LogP contribution in [0.2, 0.25) is 10.0 Å². The predicted octanol–water partition coefficient (Wildman–Crippen LogP) is 4.07. The van der Waals surface area contributed by atoms with Crippen LogP contribution < -0.4 is 0 Å². The molecular weight excluding hydrogens is 247 g/mol. The summed E-state index contributed by atoms with van der Waals surface area (Å²) >= 11 is 11.7. The highest BCUT2D eigenvalue weighted by atomic mass is 35.5. The Hall–Kier alpha value is -1.38. The highest BCUT2D eigenvalue weighted by Crippen LogP contribution is 2.39. The molecule has 0 fully saturated rings. The number of aromatic hydroxyl groups is 2. The van der Waals surface area contributed by atoms with E-state index in [1.807, 2.05) is 0 Å².